The summed E-state index contributed by atoms with van der Waals surface area (Å²) in [7, 11) is 1.67. The first-order valence-electron chi connectivity index (χ1n) is 6.36. The van der Waals surface area contributed by atoms with E-state index in [1.165, 1.54) is 0 Å². The Balaban J connectivity index is 2.36. The molecule has 0 unspecified atom stereocenters. The van der Waals surface area contributed by atoms with Gasteiger partial charge < -0.3 is 14.8 Å². The predicted molar refractivity (Wildman–Crippen MR) is 70.5 cm³/mol. The Morgan fingerprint density at radius 2 is 2.11 bits per heavy atom. The standard InChI is InChI=1S/C13H23N3O2/c1-4-14-9-12-10-15-13(16-11(12)2)5-6-18-8-7-17-3/h10,14H,4-9H2,1-3H3. The molecule has 1 aromatic rings. The molecule has 0 atom stereocenters. The molecule has 1 rings (SSSR count). The van der Waals surface area contributed by atoms with Gasteiger partial charge in [0.25, 0.3) is 0 Å². The van der Waals surface area contributed by atoms with Crippen molar-refractivity contribution in [2.45, 2.75) is 26.8 Å². The SMILES string of the molecule is CCNCc1cnc(CCOCCOC)nc1C. The number of nitrogens with one attached hydrogen (secondary N) is 1. The summed E-state index contributed by atoms with van der Waals surface area (Å²) < 4.78 is 10.3. The molecule has 0 bridgehead atoms. The van der Waals surface area contributed by atoms with Crippen LogP contribution in [0.25, 0.3) is 0 Å². The summed E-state index contributed by atoms with van der Waals surface area (Å²) in [6, 6.07) is 0. The lowest BCUT2D eigenvalue weighted by Crippen LogP contribution is -2.14. The topological polar surface area (TPSA) is 56.3 Å². The Morgan fingerprint density at radius 3 is 2.78 bits per heavy atom. The normalized spacial score (nSPS) is 10.8. The number of hydrogen-bond acceptors (Lipinski definition) is 5. The predicted octanol–water partition coefficient (Wildman–Crippen LogP) is 1.10. The third-order valence-corrected chi connectivity index (χ3v) is 2.60. The zero-order valence-corrected chi connectivity index (χ0v) is 11.5. The van der Waals surface area contributed by atoms with E-state index in [2.05, 4.69) is 22.2 Å². The van der Waals surface area contributed by atoms with Gasteiger partial charge in [0.05, 0.1) is 19.8 Å². The van der Waals surface area contributed by atoms with Crippen molar-refractivity contribution in [3.05, 3.63) is 23.3 Å². The van der Waals surface area contributed by atoms with E-state index in [4.69, 9.17) is 9.47 Å². The lowest BCUT2D eigenvalue weighted by Gasteiger charge is -2.07. The molecule has 0 amide bonds. The molecule has 0 spiro atoms. The van der Waals surface area contributed by atoms with Gasteiger partial charge in [0.15, 0.2) is 0 Å². The monoisotopic (exact) mass is 253 g/mol. The molecular weight excluding hydrogens is 230 g/mol. The number of rotatable bonds is 9. The van der Waals surface area contributed by atoms with Crippen molar-refractivity contribution in [2.24, 2.45) is 0 Å². The molecule has 0 radical (unpaired) electrons. The average molecular weight is 253 g/mol. The Hall–Kier alpha value is -1.04. The minimum Gasteiger partial charge on any atom is -0.382 e. The minimum atomic E-state index is 0.619. The molecule has 0 aliphatic heterocycles. The molecule has 1 aromatic heterocycles. The molecule has 5 nitrogen and oxygen atoms in total. The maximum Gasteiger partial charge on any atom is 0.130 e. The molecule has 0 saturated carbocycles. The molecule has 1 N–H and O–H groups in total. The van der Waals surface area contributed by atoms with Gasteiger partial charge in [0.2, 0.25) is 0 Å². The van der Waals surface area contributed by atoms with Gasteiger partial charge in [-0.05, 0) is 13.5 Å². The first-order chi connectivity index (χ1) is 8.77. The molecule has 0 aliphatic rings. The van der Waals surface area contributed by atoms with E-state index < -0.39 is 0 Å². The van der Waals surface area contributed by atoms with Crippen LogP contribution in [0, 0.1) is 6.92 Å². The zero-order valence-electron chi connectivity index (χ0n) is 11.5. The zero-order chi connectivity index (χ0) is 13.2. The van der Waals surface area contributed by atoms with Crippen LogP contribution in [0.4, 0.5) is 0 Å². The highest BCUT2D eigenvalue weighted by Gasteiger charge is 2.03. The summed E-state index contributed by atoms with van der Waals surface area (Å²) in [5.41, 5.74) is 2.19. The van der Waals surface area contributed by atoms with Gasteiger partial charge in [-0.1, -0.05) is 6.92 Å². The number of hydrogen-bond donors (Lipinski definition) is 1. The summed E-state index contributed by atoms with van der Waals surface area (Å²) in [6.07, 6.45) is 2.64. The van der Waals surface area contributed by atoms with Crippen LogP contribution < -0.4 is 5.32 Å². The fraction of sp³-hybridized carbons (Fsp3) is 0.692. The van der Waals surface area contributed by atoms with E-state index in [0.29, 0.717) is 19.8 Å². The Morgan fingerprint density at radius 1 is 1.28 bits per heavy atom. The van der Waals surface area contributed by atoms with Gasteiger partial charge in [-0.25, -0.2) is 9.97 Å². The lowest BCUT2D eigenvalue weighted by atomic mass is 10.2. The van der Waals surface area contributed by atoms with Gasteiger partial charge in [-0.15, -0.1) is 0 Å². The summed E-state index contributed by atoms with van der Waals surface area (Å²) in [6.45, 7) is 7.76. The fourth-order valence-electron chi connectivity index (χ4n) is 1.50. The average Bonchev–Trinajstić information content (AvgIpc) is 2.37. The van der Waals surface area contributed by atoms with E-state index in [1.54, 1.807) is 7.11 Å². The van der Waals surface area contributed by atoms with Crippen LogP contribution in [0.5, 0.6) is 0 Å². The van der Waals surface area contributed by atoms with E-state index >= 15 is 0 Å². The second-order valence-corrected chi connectivity index (χ2v) is 4.03. The van der Waals surface area contributed by atoms with Crippen LogP contribution in [0.15, 0.2) is 6.20 Å². The van der Waals surface area contributed by atoms with Crippen molar-refractivity contribution in [2.75, 3.05) is 33.5 Å². The van der Waals surface area contributed by atoms with Crippen molar-refractivity contribution in [1.29, 1.82) is 0 Å². The second kappa shape index (κ2) is 8.97. The highest BCUT2D eigenvalue weighted by Crippen LogP contribution is 2.04. The molecule has 1 heterocycles. The van der Waals surface area contributed by atoms with Gasteiger partial charge in [-0.2, -0.15) is 0 Å². The van der Waals surface area contributed by atoms with Crippen LogP contribution in [0.3, 0.4) is 0 Å². The van der Waals surface area contributed by atoms with Crippen molar-refractivity contribution < 1.29 is 9.47 Å². The molecule has 18 heavy (non-hydrogen) atoms. The van der Waals surface area contributed by atoms with Crippen LogP contribution in [-0.2, 0) is 22.4 Å². The number of nitrogens with zero attached hydrogens (tertiary/aromatic N) is 2. The smallest absolute Gasteiger partial charge is 0.130 e. The third kappa shape index (κ3) is 5.53. The highest BCUT2D eigenvalue weighted by molar-refractivity contribution is 5.15. The minimum absolute atomic E-state index is 0.619. The summed E-state index contributed by atoms with van der Waals surface area (Å²) in [4.78, 5) is 8.83. The molecule has 0 aliphatic carbocycles. The first kappa shape index (κ1) is 15.0. The quantitative estimate of drug-likeness (QED) is 0.668. The number of aromatic nitrogens is 2. The molecule has 102 valence electrons. The lowest BCUT2D eigenvalue weighted by molar-refractivity contribution is 0.0716. The Kier molecular flexibility index (Phi) is 7.48. The fourth-order valence-corrected chi connectivity index (χ4v) is 1.50. The molecule has 0 fully saturated rings. The maximum atomic E-state index is 5.40. The van der Waals surface area contributed by atoms with Gasteiger partial charge in [0, 0.05) is 37.5 Å². The van der Waals surface area contributed by atoms with Crippen molar-refractivity contribution in [1.82, 2.24) is 15.3 Å². The van der Waals surface area contributed by atoms with Crippen LogP contribution in [0.2, 0.25) is 0 Å². The van der Waals surface area contributed by atoms with Gasteiger partial charge in [-0.3, -0.25) is 0 Å². The van der Waals surface area contributed by atoms with Gasteiger partial charge >= 0.3 is 0 Å². The number of methoxy groups -OCH3 is 1. The van der Waals surface area contributed by atoms with E-state index in [-0.39, 0.29) is 0 Å². The largest absolute Gasteiger partial charge is 0.382 e. The van der Waals surface area contributed by atoms with E-state index in [0.717, 1.165) is 36.6 Å². The number of ether oxygens (including phenoxy) is 2. The van der Waals surface area contributed by atoms with Crippen molar-refractivity contribution >= 4 is 0 Å². The Bertz CT molecular complexity index is 345. The Labute approximate surface area is 109 Å². The summed E-state index contributed by atoms with van der Waals surface area (Å²) in [5, 5.41) is 3.27. The van der Waals surface area contributed by atoms with E-state index in [9.17, 15) is 0 Å². The van der Waals surface area contributed by atoms with Crippen LogP contribution >= 0.6 is 0 Å². The van der Waals surface area contributed by atoms with E-state index in [1.807, 2.05) is 13.1 Å². The van der Waals surface area contributed by atoms with Gasteiger partial charge in [0.1, 0.15) is 5.82 Å². The maximum absolute atomic E-state index is 5.40. The number of aryl methyl sites for hydroxylation is 1. The molecule has 0 saturated heterocycles. The molecule has 5 heteroatoms. The highest BCUT2D eigenvalue weighted by atomic mass is 16.5. The van der Waals surface area contributed by atoms with Crippen molar-refractivity contribution in [3.8, 4) is 0 Å². The van der Waals surface area contributed by atoms with Crippen LogP contribution in [0.1, 0.15) is 24.0 Å². The molecular formula is C13H23N3O2. The first-order valence-corrected chi connectivity index (χ1v) is 6.36. The molecule has 0 aromatic carbocycles. The van der Waals surface area contributed by atoms with Crippen LogP contribution in [-0.4, -0.2) is 43.4 Å². The summed E-state index contributed by atoms with van der Waals surface area (Å²) >= 11 is 0. The summed E-state index contributed by atoms with van der Waals surface area (Å²) in [5.74, 6) is 0.838. The van der Waals surface area contributed by atoms with Crippen molar-refractivity contribution in [3.63, 3.8) is 0 Å². The third-order valence-electron chi connectivity index (χ3n) is 2.60. The second-order valence-electron chi connectivity index (χ2n) is 4.03.